The fraction of sp³-hybridized carbons (Fsp3) is 0.235. The van der Waals surface area contributed by atoms with Crippen LogP contribution in [0.3, 0.4) is 0 Å². The van der Waals surface area contributed by atoms with E-state index in [-0.39, 0.29) is 24.2 Å². The summed E-state index contributed by atoms with van der Waals surface area (Å²) in [7, 11) is 0. The highest BCUT2D eigenvalue weighted by Crippen LogP contribution is 2.27. The Balaban J connectivity index is 1.98. The number of carbonyl (C=O) groups excluding carboxylic acids is 1. The summed E-state index contributed by atoms with van der Waals surface area (Å²) < 4.78 is 5.41. The lowest BCUT2D eigenvalue weighted by atomic mass is 10.1. The molecule has 0 spiro atoms. The average Bonchev–Trinajstić information content (AvgIpc) is 2.56. The Morgan fingerprint density at radius 1 is 1.28 bits per heavy atom. The standard InChI is InChI=1S/C17H16Cl2N2O4/c1-10-15(21(23)24)4-3-5-16(10)25-9-17(22)20-11(2)12-6-7-13(18)14(19)8-12/h3-8,11H,9H2,1-2H3,(H,20,22). The van der Waals surface area contributed by atoms with Crippen molar-refractivity contribution >= 4 is 34.8 Å². The zero-order valence-corrected chi connectivity index (χ0v) is 15.1. The second-order valence-corrected chi connectivity index (χ2v) is 6.22. The second kappa shape index (κ2) is 8.18. The molecule has 0 saturated carbocycles. The van der Waals surface area contributed by atoms with Crippen LogP contribution in [0.1, 0.15) is 24.1 Å². The summed E-state index contributed by atoms with van der Waals surface area (Å²) in [5.74, 6) is -0.0592. The van der Waals surface area contributed by atoms with E-state index in [1.54, 1.807) is 38.1 Å². The van der Waals surface area contributed by atoms with Gasteiger partial charge in [-0.3, -0.25) is 14.9 Å². The first-order valence-electron chi connectivity index (χ1n) is 7.40. The molecule has 0 heterocycles. The smallest absolute Gasteiger partial charge is 0.276 e. The van der Waals surface area contributed by atoms with E-state index in [1.165, 1.54) is 12.1 Å². The maximum atomic E-state index is 12.1. The lowest BCUT2D eigenvalue weighted by Gasteiger charge is -2.16. The van der Waals surface area contributed by atoms with Gasteiger partial charge in [-0.15, -0.1) is 0 Å². The predicted molar refractivity (Wildman–Crippen MR) is 96.3 cm³/mol. The third kappa shape index (κ3) is 4.84. The molecular formula is C17H16Cl2N2O4. The van der Waals surface area contributed by atoms with Crippen molar-refractivity contribution in [1.82, 2.24) is 5.32 Å². The maximum Gasteiger partial charge on any atom is 0.276 e. The van der Waals surface area contributed by atoms with Crippen LogP contribution in [0.25, 0.3) is 0 Å². The van der Waals surface area contributed by atoms with Crippen LogP contribution in [0.15, 0.2) is 36.4 Å². The monoisotopic (exact) mass is 382 g/mol. The summed E-state index contributed by atoms with van der Waals surface area (Å²) in [6.07, 6.45) is 0. The van der Waals surface area contributed by atoms with Crippen LogP contribution in [-0.2, 0) is 4.79 Å². The summed E-state index contributed by atoms with van der Waals surface area (Å²) in [6.45, 7) is 3.12. The Morgan fingerprint density at radius 2 is 2.00 bits per heavy atom. The van der Waals surface area contributed by atoms with Crippen LogP contribution in [0.2, 0.25) is 10.0 Å². The number of rotatable bonds is 6. The molecule has 0 aliphatic rings. The minimum Gasteiger partial charge on any atom is -0.483 e. The van der Waals surface area contributed by atoms with Gasteiger partial charge < -0.3 is 10.1 Å². The third-order valence-electron chi connectivity index (χ3n) is 3.63. The zero-order chi connectivity index (χ0) is 18.6. The molecule has 132 valence electrons. The molecule has 1 amide bonds. The van der Waals surface area contributed by atoms with Gasteiger partial charge in [0.2, 0.25) is 0 Å². The lowest BCUT2D eigenvalue weighted by molar-refractivity contribution is -0.385. The molecule has 0 aromatic heterocycles. The first-order chi connectivity index (χ1) is 11.8. The minimum atomic E-state index is -0.491. The molecule has 2 rings (SSSR count). The van der Waals surface area contributed by atoms with E-state index in [1.807, 2.05) is 0 Å². The van der Waals surface area contributed by atoms with Crippen molar-refractivity contribution < 1.29 is 14.5 Å². The SMILES string of the molecule is Cc1c(OCC(=O)NC(C)c2ccc(Cl)c(Cl)c2)cccc1[N+](=O)[O-]. The van der Waals surface area contributed by atoms with Gasteiger partial charge >= 0.3 is 0 Å². The van der Waals surface area contributed by atoms with Crippen LogP contribution >= 0.6 is 23.2 Å². The average molecular weight is 383 g/mol. The molecule has 2 aromatic carbocycles. The summed E-state index contributed by atoms with van der Waals surface area (Å²) in [5, 5.41) is 14.5. The molecule has 0 saturated heterocycles. The first-order valence-corrected chi connectivity index (χ1v) is 8.16. The van der Waals surface area contributed by atoms with Crippen molar-refractivity contribution in [3.8, 4) is 5.75 Å². The summed E-state index contributed by atoms with van der Waals surface area (Å²) >= 11 is 11.8. The molecule has 1 N–H and O–H groups in total. The van der Waals surface area contributed by atoms with Gasteiger partial charge in [0.15, 0.2) is 6.61 Å². The van der Waals surface area contributed by atoms with Crippen molar-refractivity contribution in [2.75, 3.05) is 6.61 Å². The Bertz CT molecular complexity index is 811. The third-order valence-corrected chi connectivity index (χ3v) is 4.37. The maximum absolute atomic E-state index is 12.1. The number of nitro benzene ring substituents is 1. The highest BCUT2D eigenvalue weighted by atomic mass is 35.5. The molecule has 0 radical (unpaired) electrons. The number of nitro groups is 1. The van der Waals surface area contributed by atoms with Crippen LogP contribution in [-0.4, -0.2) is 17.4 Å². The molecule has 0 fully saturated rings. The van der Waals surface area contributed by atoms with Gasteiger partial charge in [0.1, 0.15) is 5.75 Å². The van der Waals surface area contributed by atoms with E-state index in [2.05, 4.69) is 5.32 Å². The number of halogens is 2. The molecule has 0 aliphatic heterocycles. The van der Waals surface area contributed by atoms with Gasteiger partial charge in [0.05, 0.1) is 26.6 Å². The molecule has 1 unspecified atom stereocenters. The number of hydrogen-bond acceptors (Lipinski definition) is 4. The van der Waals surface area contributed by atoms with Crippen molar-refractivity contribution in [3.63, 3.8) is 0 Å². The number of nitrogens with one attached hydrogen (secondary N) is 1. The van der Waals surface area contributed by atoms with Gasteiger partial charge in [-0.2, -0.15) is 0 Å². The van der Waals surface area contributed by atoms with Gasteiger partial charge in [-0.05, 0) is 37.6 Å². The van der Waals surface area contributed by atoms with Crippen LogP contribution < -0.4 is 10.1 Å². The zero-order valence-electron chi connectivity index (χ0n) is 13.6. The van der Waals surface area contributed by atoms with E-state index in [0.29, 0.717) is 21.4 Å². The van der Waals surface area contributed by atoms with E-state index >= 15 is 0 Å². The number of hydrogen-bond donors (Lipinski definition) is 1. The fourth-order valence-electron chi connectivity index (χ4n) is 2.25. The fourth-order valence-corrected chi connectivity index (χ4v) is 2.56. The lowest BCUT2D eigenvalue weighted by Crippen LogP contribution is -2.31. The molecule has 8 heteroatoms. The number of benzene rings is 2. The first kappa shape index (κ1) is 19.0. The summed E-state index contributed by atoms with van der Waals surface area (Å²) in [4.78, 5) is 22.5. The summed E-state index contributed by atoms with van der Waals surface area (Å²) in [5.41, 5.74) is 1.12. The van der Waals surface area contributed by atoms with Crippen molar-refractivity contribution in [3.05, 3.63) is 67.7 Å². The van der Waals surface area contributed by atoms with Gasteiger partial charge in [0, 0.05) is 6.07 Å². The Morgan fingerprint density at radius 3 is 2.64 bits per heavy atom. The minimum absolute atomic E-state index is 0.0536. The van der Waals surface area contributed by atoms with Crippen molar-refractivity contribution in [2.45, 2.75) is 19.9 Å². The predicted octanol–water partition coefficient (Wildman–Crippen LogP) is 4.47. The molecule has 2 aromatic rings. The Hall–Kier alpha value is -2.31. The van der Waals surface area contributed by atoms with E-state index in [4.69, 9.17) is 27.9 Å². The second-order valence-electron chi connectivity index (χ2n) is 5.41. The quantitative estimate of drug-likeness (QED) is 0.590. The Kier molecular flexibility index (Phi) is 6.22. The number of amides is 1. The molecule has 0 bridgehead atoms. The number of ether oxygens (including phenoxy) is 1. The summed E-state index contributed by atoms with van der Waals surface area (Å²) in [6, 6.07) is 9.29. The van der Waals surface area contributed by atoms with Gasteiger partial charge in [-0.1, -0.05) is 35.3 Å². The van der Waals surface area contributed by atoms with E-state index in [0.717, 1.165) is 5.56 Å². The number of carbonyl (C=O) groups is 1. The molecule has 6 nitrogen and oxygen atoms in total. The van der Waals surface area contributed by atoms with Crippen LogP contribution in [0.4, 0.5) is 5.69 Å². The highest BCUT2D eigenvalue weighted by Gasteiger charge is 2.16. The topological polar surface area (TPSA) is 81.5 Å². The van der Waals surface area contributed by atoms with Crippen LogP contribution in [0.5, 0.6) is 5.75 Å². The van der Waals surface area contributed by atoms with Crippen molar-refractivity contribution in [1.29, 1.82) is 0 Å². The van der Waals surface area contributed by atoms with Gasteiger partial charge in [0.25, 0.3) is 11.6 Å². The molecule has 1 atom stereocenters. The Labute approximate surface area is 154 Å². The highest BCUT2D eigenvalue weighted by molar-refractivity contribution is 6.42. The molecule has 25 heavy (non-hydrogen) atoms. The van der Waals surface area contributed by atoms with Gasteiger partial charge in [-0.25, -0.2) is 0 Å². The number of nitrogens with zero attached hydrogens (tertiary/aromatic N) is 1. The van der Waals surface area contributed by atoms with Crippen LogP contribution in [0, 0.1) is 17.0 Å². The molecule has 0 aliphatic carbocycles. The normalized spacial score (nSPS) is 11.7. The molecular weight excluding hydrogens is 367 g/mol. The van der Waals surface area contributed by atoms with E-state index < -0.39 is 4.92 Å². The van der Waals surface area contributed by atoms with E-state index in [9.17, 15) is 14.9 Å². The van der Waals surface area contributed by atoms with Crippen molar-refractivity contribution in [2.24, 2.45) is 0 Å². The largest absolute Gasteiger partial charge is 0.483 e.